The summed E-state index contributed by atoms with van der Waals surface area (Å²) in [4.78, 5) is 18.7. The molecule has 0 radical (unpaired) electrons. The molecular formula is C13H14N2OS. The predicted octanol–water partition coefficient (Wildman–Crippen LogP) is 2.55. The van der Waals surface area contributed by atoms with Gasteiger partial charge in [-0.2, -0.15) is 0 Å². The molecule has 0 saturated heterocycles. The molecule has 2 aromatic rings. The number of carbonyl (C=O) groups is 1. The zero-order chi connectivity index (χ0) is 12.3. The Kier molecular flexibility index (Phi) is 3.66. The van der Waals surface area contributed by atoms with Crippen LogP contribution in [-0.2, 0) is 0 Å². The summed E-state index contributed by atoms with van der Waals surface area (Å²) in [6, 6.07) is 9.91. The first-order valence-electron chi connectivity index (χ1n) is 5.36. The lowest BCUT2D eigenvalue weighted by Gasteiger charge is -2.05. The van der Waals surface area contributed by atoms with Gasteiger partial charge in [0.1, 0.15) is 5.01 Å². The van der Waals surface area contributed by atoms with Gasteiger partial charge in [0.25, 0.3) is 0 Å². The van der Waals surface area contributed by atoms with Gasteiger partial charge < -0.3 is 4.90 Å². The van der Waals surface area contributed by atoms with Gasteiger partial charge in [-0.1, -0.05) is 30.3 Å². The van der Waals surface area contributed by atoms with Gasteiger partial charge in [-0.25, -0.2) is 4.98 Å². The van der Waals surface area contributed by atoms with E-state index in [1.165, 1.54) is 11.3 Å². The van der Waals surface area contributed by atoms with Gasteiger partial charge in [-0.3, -0.25) is 4.79 Å². The van der Waals surface area contributed by atoms with Crippen LogP contribution in [0, 0.1) is 0 Å². The van der Waals surface area contributed by atoms with Crippen LogP contribution in [0.5, 0.6) is 0 Å². The van der Waals surface area contributed by atoms with Gasteiger partial charge in [0.2, 0.25) is 0 Å². The van der Waals surface area contributed by atoms with Crippen molar-refractivity contribution in [2.24, 2.45) is 0 Å². The van der Waals surface area contributed by atoms with Crippen molar-refractivity contribution in [1.29, 1.82) is 0 Å². The highest BCUT2D eigenvalue weighted by Crippen LogP contribution is 2.24. The number of likely N-dealkylation sites (N-methyl/N-ethyl adjacent to an activating group) is 1. The number of Topliss-reactive ketones (excluding diaryl/α,β-unsaturated/α-hetero) is 1. The highest BCUT2D eigenvalue weighted by atomic mass is 32.1. The fourth-order valence-corrected chi connectivity index (χ4v) is 2.33. The van der Waals surface area contributed by atoms with E-state index in [0.717, 1.165) is 15.4 Å². The lowest BCUT2D eigenvalue weighted by atomic mass is 10.2. The normalized spacial score (nSPS) is 10.8. The summed E-state index contributed by atoms with van der Waals surface area (Å²) in [6.45, 7) is 0.427. The number of hydrogen-bond donors (Lipinski definition) is 0. The van der Waals surface area contributed by atoms with Gasteiger partial charge in [-0.05, 0) is 14.1 Å². The third-order valence-electron chi connectivity index (χ3n) is 2.26. The maximum atomic E-state index is 11.8. The minimum atomic E-state index is 0.120. The molecule has 0 saturated carbocycles. The van der Waals surface area contributed by atoms with Gasteiger partial charge in [0.05, 0.1) is 11.4 Å². The van der Waals surface area contributed by atoms with Gasteiger partial charge in [0, 0.05) is 11.8 Å². The van der Waals surface area contributed by atoms with Crippen LogP contribution in [0.4, 0.5) is 0 Å². The van der Waals surface area contributed by atoms with Crippen LogP contribution < -0.4 is 0 Å². The Morgan fingerprint density at radius 2 is 2.00 bits per heavy atom. The van der Waals surface area contributed by atoms with Crippen molar-refractivity contribution in [1.82, 2.24) is 9.88 Å². The Bertz CT molecular complexity index is 505. The second-order valence-corrected chi connectivity index (χ2v) is 5.09. The molecule has 3 nitrogen and oxygen atoms in total. The summed E-state index contributed by atoms with van der Waals surface area (Å²) in [5.74, 6) is 0.120. The summed E-state index contributed by atoms with van der Waals surface area (Å²) < 4.78 is 0. The molecule has 0 bridgehead atoms. The van der Waals surface area contributed by atoms with E-state index in [1.807, 2.05) is 49.3 Å². The molecule has 1 aromatic heterocycles. The molecule has 2 rings (SSSR count). The van der Waals surface area contributed by atoms with Crippen LogP contribution in [0.25, 0.3) is 10.6 Å². The van der Waals surface area contributed by atoms with Crippen LogP contribution in [0.1, 0.15) is 9.67 Å². The Labute approximate surface area is 105 Å². The van der Waals surface area contributed by atoms with Crippen LogP contribution >= 0.6 is 11.3 Å². The second kappa shape index (κ2) is 5.21. The molecule has 0 amide bonds. The second-order valence-electron chi connectivity index (χ2n) is 4.06. The van der Waals surface area contributed by atoms with E-state index in [0.29, 0.717) is 6.54 Å². The molecule has 0 atom stereocenters. The fourth-order valence-electron chi connectivity index (χ4n) is 1.48. The molecule has 0 spiro atoms. The Morgan fingerprint density at radius 1 is 1.29 bits per heavy atom. The molecule has 0 unspecified atom stereocenters. The maximum absolute atomic E-state index is 11.8. The van der Waals surface area contributed by atoms with Crippen molar-refractivity contribution in [2.75, 3.05) is 20.6 Å². The molecule has 88 valence electrons. The number of ketones is 1. The largest absolute Gasteiger partial charge is 0.302 e. The highest BCUT2D eigenvalue weighted by Gasteiger charge is 2.12. The number of thiazole rings is 1. The predicted molar refractivity (Wildman–Crippen MR) is 70.4 cm³/mol. The van der Waals surface area contributed by atoms with E-state index >= 15 is 0 Å². The number of benzene rings is 1. The number of carbonyl (C=O) groups excluding carboxylic acids is 1. The number of nitrogens with zero attached hydrogens (tertiary/aromatic N) is 2. The SMILES string of the molecule is CN(C)CC(=O)c1cnc(-c2ccccc2)s1. The third kappa shape index (κ3) is 2.99. The Morgan fingerprint density at radius 3 is 2.65 bits per heavy atom. The molecule has 0 aliphatic rings. The Balaban J connectivity index is 2.19. The van der Waals surface area contributed by atoms with Crippen molar-refractivity contribution in [2.45, 2.75) is 0 Å². The van der Waals surface area contributed by atoms with Crippen molar-refractivity contribution < 1.29 is 4.79 Å². The maximum Gasteiger partial charge on any atom is 0.188 e. The zero-order valence-corrected chi connectivity index (χ0v) is 10.7. The molecule has 0 N–H and O–H groups in total. The summed E-state index contributed by atoms with van der Waals surface area (Å²) in [6.07, 6.45) is 1.67. The topological polar surface area (TPSA) is 33.2 Å². The fraction of sp³-hybridized carbons (Fsp3) is 0.231. The van der Waals surface area contributed by atoms with Crippen molar-refractivity contribution in [3.63, 3.8) is 0 Å². The molecule has 4 heteroatoms. The molecule has 0 aliphatic heterocycles. The van der Waals surface area contributed by atoms with E-state index in [2.05, 4.69) is 4.98 Å². The highest BCUT2D eigenvalue weighted by molar-refractivity contribution is 7.17. The minimum Gasteiger partial charge on any atom is -0.302 e. The molecular weight excluding hydrogens is 232 g/mol. The van der Waals surface area contributed by atoms with E-state index in [4.69, 9.17) is 0 Å². The summed E-state index contributed by atoms with van der Waals surface area (Å²) in [7, 11) is 3.77. The van der Waals surface area contributed by atoms with E-state index < -0.39 is 0 Å². The van der Waals surface area contributed by atoms with Crippen molar-refractivity contribution >= 4 is 17.1 Å². The first-order valence-corrected chi connectivity index (χ1v) is 6.17. The zero-order valence-electron chi connectivity index (χ0n) is 9.88. The smallest absolute Gasteiger partial charge is 0.188 e. The summed E-state index contributed by atoms with van der Waals surface area (Å²) in [5.41, 5.74) is 1.06. The van der Waals surface area contributed by atoms with Crippen LogP contribution in [0.2, 0.25) is 0 Å². The van der Waals surface area contributed by atoms with E-state index in [-0.39, 0.29) is 5.78 Å². The van der Waals surface area contributed by atoms with Gasteiger partial charge >= 0.3 is 0 Å². The number of rotatable bonds is 4. The van der Waals surface area contributed by atoms with Gasteiger partial charge in [-0.15, -0.1) is 11.3 Å². The molecule has 0 aliphatic carbocycles. The molecule has 1 aromatic carbocycles. The van der Waals surface area contributed by atoms with Crippen LogP contribution in [0.15, 0.2) is 36.5 Å². The van der Waals surface area contributed by atoms with Crippen LogP contribution in [0.3, 0.4) is 0 Å². The quantitative estimate of drug-likeness (QED) is 0.777. The first kappa shape index (κ1) is 12.0. The average molecular weight is 246 g/mol. The standard InChI is InChI=1S/C13H14N2OS/c1-15(2)9-11(16)12-8-14-13(17-12)10-6-4-3-5-7-10/h3-8H,9H2,1-2H3. The summed E-state index contributed by atoms with van der Waals surface area (Å²) in [5, 5.41) is 0.896. The van der Waals surface area contributed by atoms with Gasteiger partial charge in [0.15, 0.2) is 5.78 Å². The molecule has 0 fully saturated rings. The third-order valence-corrected chi connectivity index (χ3v) is 3.35. The lowest BCUT2D eigenvalue weighted by Crippen LogP contribution is -2.20. The first-order chi connectivity index (χ1) is 8.16. The molecule has 1 heterocycles. The number of hydrogen-bond acceptors (Lipinski definition) is 4. The van der Waals surface area contributed by atoms with E-state index in [1.54, 1.807) is 6.20 Å². The van der Waals surface area contributed by atoms with E-state index in [9.17, 15) is 4.79 Å². The van der Waals surface area contributed by atoms with Crippen LogP contribution in [-0.4, -0.2) is 36.3 Å². The lowest BCUT2D eigenvalue weighted by molar-refractivity contribution is 0.0961. The van der Waals surface area contributed by atoms with Crippen molar-refractivity contribution in [3.05, 3.63) is 41.4 Å². The summed E-state index contributed by atoms with van der Waals surface area (Å²) >= 11 is 1.45. The monoisotopic (exact) mass is 246 g/mol. The average Bonchev–Trinajstić information content (AvgIpc) is 2.78. The Hall–Kier alpha value is -1.52. The number of aromatic nitrogens is 1. The molecule has 17 heavy (non-hydrogen) atoms. The minimum absolute atomic E-state index is 0.120. The van der Waals surface area contributed by atoms with Crippen molar-refractivity contribution in [3.8, 4) is 10.6 Å².